The van der Waals surface area contributed by atoms with Crippen LogP contribution in [-0.2, 0) is 11.0 Å². The highest BCUT2D eigenvalue weighted by atomic mass is 35.5. The summed E-state index contributed by atoms with van der Waals surface area (Å²) in [7, 11) is 0. The normalized spacial score (nSPS) is 19.1. The Morgan fingerprint density at radius 1 is 1.14 bits per heavy atom. The van der Waals surface area contributed by atoms with Crippen LogP contribution in [0.3, 0.4) is 0 Å². The SMILES string of the molecule is O=Nc1ccc(N[C@H]2CCN(C(=O)CCN3CCN(c4ccc(Cl)cn4)CC3)C2)cc1C(F)(F)F. The monoisotopic (exact) mass is 510 g/mol. The molecule has 8 nitrogen and oxygen atoms in total. The van der Waals surface area contributed by atoms with Crippen LogP contribution in [0.1, 0.15) is 18.4 Å². The van der Waals surface area contributed by atoms with E-state index in [1.54, 1.807) is 11.1 Å². The molecule has 0 radical (unpaired) electrons. The molecule has 35 heavy (non-hydrogen) atoms. The van der Waals surface area contributed by atoms with Crippen LogP contribution < -0.4 is 10.2 Å². The van der Waals surface area contributed by atoms with E-state index < -0.39 is 17.4 Å². The van der Waals surface area contributed by atoms with Gasteiger partial charge >= 0.3 is 6.18 Å². The van der Waals surface area contributed by atoms with Crippen molar-refractivity contribution in [1.82, 2.24) is 14.8 Å². The zero-order valence-corrected chi connectivity index (χ0v) is 19.7. The van der Waals surface area contributed by atoms with Gasteiger partial charge in [-0.15, -0.1) is 4.91 Å². The third kappa shape index (κ3) is 6.40. The smallest absolute Gasteiger partial charge is 0.380 e. The maximum Gasteiger partial charge on any atom is 0.418 e. The summed E-state index contributed by atoms with van der Waals surface area (Å²) >= 11 is 5.90. The fourth-order valence-electron chi connectivity index (χ4n) is 4.44. The van der Waals surface area contributed by atoms with Crippen molar-refractivity contribution >= 4 is 34.7 Å². The summed E-state index contributed by atoms with van der Waals surface area (Å²) in [6.45, 7) is 4.92. The Labute approximate surface area is 206 Å². The van der Waals surface area contributed by atoms with Crippen LogP contribution in [0.4, 0.5) is 30.4 Å². The molecule has 0 aliphatic carbocycles. The number of carbonyl (C=O) groups excluding carboxylic acids is 1. The number of nitrogens with one attached hydrogen (secondary N) is 1. The number of piperazine rings is 1. The highest BCUT2D eigenvalue weighted by Crippen LogP contribution is 2.38. The number of hydrogen-bond donors (Lipinski definition) is 1. The van der Waals surface area contributed by atoms with Crippen molar-refractivity contribution in [3.05, 3.63) is 52.0 Å². The van der Waals surface area contributed by atoms with Gasteiger partial charge in [0.05, 0.1) is 10.6 Å². The fourth-order valence-corrected chi connectivity index (χ4v) is 4.55. The highest BCUT2D eigenvalue weighted by Gasteiger charge is 2.35. The summed E-state index contributed by atoms with van der Waals surface area (Å²) in [6, 6.07) is 6.90. The highest BCUT2D eigenvalue weighted by molar-refractivity contribution is 6.30. The van der Waals surface area contributed by atoms with Gasteiger partial charge in [0.15, 0.2) is 0 Å². The minimum Gasteiger partial charge on any atom is -0.380 e. The summed E-state index contributed by atoms with van der Waals surface area (Å²) < 4.78 is 39.5. The molecule has 188 valence electrons. The number of likely N-dealkylation sites (tertiary alicyclic amines) is 1. The van der Waals surface area contributed by atoms with E-state index in [4.69, 9.17) is 11.6 Å². The van der Waals surface area contributed by atoms with Gasteiger partial charge in [-0.3, -0.25) is 9.69 Å². The quantitative estimate of drug-likeness (QED) is 0.557. The van der Waals surface area contributed by atoms with Crippen LogP contribution >= 0.6 is 11.6 Å². The van der Waals surface area contributed by atoms with Crippen molar-refractivity contribution in [3.8, 4) is 0 Å². The Balaban J connectivity index is 1.22. The Morgan fingerprint density at radius 2 is 1.91 bits per heavy atom. The van der Waals surface area contributed by atoms with Crippen molar-refractivity contribution in [1.29, 1.82) is 0 Å². The lowest BCUT2D eigenvalue weighted by Gasteiger charge is -2.35. The van der Waals surface area contributed by atoms with E-state index in [1.807, 2.05) is 12.1 Å². The summed E-state index contributed by atoms with van der Waals surface area (Å²) in [5.41, 5.74) is -1.47. The first-order valence-corrected chi connectivity index (χ1v) is 11.8. The van der Waals surface area contributed by atoms with Crippen molar-refractivity contribution in [2.24, 2.45) is 5.18 Å². The molecular formula is C23H26ClF3N6O2. The fraction of sp³-hybridized carbons (Fsp3) is 0.478. The number of pyridine rings is 1. The first-order valence-electron chi connectivity index (χ1n) is 11.4. The second-order valence-corrected chi connectivity index (χ2v) is 9.14. The Bertz CT molecular complexity index is 1040. The molecule has 2 aromatic rings. The maximum atomic E-state index is 13.2. The van der Waals surface area contributed by atoms with E-state index in [0.717, 1.165) is 44.1 Å². The number of aromatic nitrogens is 1. The largest absolute Gasteiger partial charge is 0.418 e. The van der Waals surface area contributed by atoms with Gasteiger partial charge in [0.2, 0.25) is 5.91 Å². The van der Waals surface area contributed by atoms with Gasteiger partial charge < -0.3 is 15.1 Å². The molecule has 1 aromatic carbocycles. The lowest BCUT2D eigenvalue weighted by atomic mass is 10.1. The van der Waals surface area contributed by atoms with Crippen LogP contribution in [0.5, 0.6) is 0 Å². The lowest BCUT2D eigenvalue weighted by Crippen LogP contribution is -2.47. The molecule has 2 saturated heterocycles. The molecule has 2 aliphatic heterocycles. The van der Waals surface area contributed by atoms with Crippen molar-refractivity contribution in [3.63, 3.8) is 0 Å². The molecule has 0 spiro atoms. The number of alkyl halides is 3. The van der Waals surface area contributed by atoms with Crippen LogP contribution in [0.2, 0.25) is 5.02 Å². The number of hydrogen-bond acceptors (Lipinski definition) is 7. The zero-order valence-electron chi connectivity index (χ0n) is 19.0. The zero-order chi connectivity index (χ0) is 25.0. The average Bonchev–Trinajstić information content (AvgIpc) is 3.31. The van der Waals surface area contributed by atoms with E-state index in [2.05, 4.69) is 25.3 Å². The van der Waals surface area contributed by atoms with Gasteiger partial charge in [0.25, 0.3) is 0 Å². The Hall–Kier alpha value is -2.92. The Kier molecular flexibility index (Phi) is 7.75. The first-order chi connectivity index (χ1) is 16.7. The second-order valence-electron chi connectivity index (χ2n) is 8.70. The molecule has 0 saturated carbocycles. The van der Waals surface area contributed by atoms with Gasteiger partial charge in [0.1, 0.15) is 11.5 Å². The summed E-state index contributed by atoms with van der Waals surface area (Å²) in [5, 5.41) is 6.11. The lowest BCUT2D eigenvalue weighted by molar-refractivity contribution is -0.137. The van der Waals surface area contributed by atoms with Crippen LogP contribution in [0, 0.1) is 4.91 Å². The van der Waals surface area contributed by atoms with Gasteiger partial charge in [-0.25, -0.2) is 4.98 Å². The molecule has 12 heteroatoms. The number of amides is 1. The minimum absolute atomic E-state index is 0.0348. The van der Waals surface area contributed by atoms with Gasteiger partial charge in [-0.2, -0.15) is 13.2 Å². The van der Waals surface area contributed by atoms with Crippen molar-refractivity contribution < 1.29 is 18.0 Å². The molecule has 1 amide bonds. The van der Waals surface area contributed by atoms with E-state index in [1.165, 1.54) is 6.07 Å². The summed E-state index contributed by atoms with van der Waals surface area (Å²) in [4.78, 5) is 33.9. The number of halogens is 4. The predicted octanol–water partition coefficient (Wildman–Crippen LogP) is 4.38. The molecule has 2 fully saturated rings. The number of nitrogens with zero attached hydrogens (tertiary/aromatic N) is 5. The summed E-state index contributed by atoms with van der Waals surface area (Å²) in [6.07, 6.45) is -2.01. The number of rotatable bonds is 7. The van der Waals surface area contributed by atoms with E-state index >= 15 is 0 Å². The number of nitroso groups, excluding NO2 is 1. The van der Waals surface area contributed by atoms with E-state index in [9.17, 15) is 22.9 Å². The van der Waals surface area contributed by atoms with Gasteiger partial charge in [-0.1, -0.05) is 11.6 Å². The van der Waals surface area contributed by atoms with Crippen LogP contribution in [-0.4, -0.2) is 72.5 Å². The van der Waals surface area contributed by atoms with E-state index in [-0.39, 0.29) is 17.6 Å². The molecule has 4 rings (SSSR count). The molecule has 0 bridgehead atoms. The Morgan fingerprint density at radius 3 is 2.57 bits per heavy atom. The molecule has 2 aliphatic rings. The van der Waals surface area contributed by atoms with Gasteiger partial charge in [-0.05, 0) is 41.9 Å². The molecule has 3 heterocycles. The van der Waals surface area contributed by atoms with Crippen molar-refractivity contribution in [2.75, 3.05) is 56.0 Å². The van der Waals surface area contributed by atoms with Crippen LogP contribution in [0.15, 0.2) is 41.7 Å². The molecular weight excluding hydrogens is 485 g/mol. The molecule has 1 atom stereocenters. The maximum absolute atomic E-state index is 13.2. The third-order valence-electron chi connectivity index (χ3n) is 6.36. The first kappa shape index (κ1) is 25.2. The number of carbonyl (C=O) groups is 1. The van der Waals surface area contributed by atoms with Crippen LogP contribution in [0.25, 0.3) is 0 Å². The predicted molar refractivity (Wildman–Crippen MR) is 128 cm³/mol. The molecule has 0 unspecified atom stereocenters. The number of benzene rings is 1. The minimum atomic E-state index is -4.67. The number of anilines is 2. The summed E-state index contributed by atoms with van der Waals surface area (Å²) in [5.74, 6) is 0.924. The standard InChI is InChI=1S/C23H26ClF3N6O2/c24-16-1-4-21(28-14-16)32-11-9-31(10-12-32)7-6-22(34)33-8-5-18(15-33)29-17-2-3-20(30-35)19(13-17)23(25,26)27/h1-4,13-14,18,29H,5-12,15H2/t18-/m0/s1. The topological polar surface area (TPSA) is 81.1 Å². The molecule has 1 N–H and O–H groups in total. The van der Waals surface area contributed by atoms with Crippen molar-refractivity contribution in [2.45, 2.75) is 25.1 Å². The molecule has 1 aromatic heterocycles. The van der Waals surface area contributed by atoms with E-state index in [0.29, 0.717) is 37.5 Å². The van der Waals surface area contributed by atoms with Gasteiger partial charge in [0, 0.05) is 70.2 Å². The third-order valence-corrected chi connectivity index (χ3v) is 6.59. The average molecular weight is 511 g/mol. The second kappa shape index (κ2) is 10.8.